The van der Waals surface area contributed by atoms with Crippen LogP contribution in [0.1, 0.15) is 27.6 Å². The number of nitrogens with one attached hydrogen (secondary N) is 1. The maximum absolute atomic E-state index is 13.7. The molecule has 2 aromatic rings. The van der Waals surface area contributed by atoms with Crippen LogP contribution in [-0.2, 0) is 24.3 Å². The first-order chi connectivity index (χ1) is 14.9. The number of esters is 2. The number of methoxy groups -OCH3 is 2. The number of hydrogen-bond acceptors (Lipinski definition) is 7. The molecule has 1 unspecified atom stereocenters. The van der Waals surface area contributed by atoms with Gasteiger partial charge in [0.05, 0.1) is 43.0 Å². The van der Waals surface area contributed by atoms with Crippen LogP contribution in [0.25, 0.3) is 0 Å². The molecule has 0 aromatic heterocycles. The smallest absolute Gasteiger partial charge is 0.339 e. The SMILES string of the molecule is COC(=O)c1ccc(C(=O)OC)c(NC(=O)C(C)N(c2ccc(F)c(F)c2)S(C)(=O)=O)c1. The van der Waals surface area contributed by atoms with Crippen LogP contribution >= 0.6 is 0 Å². The fraction of sp³-hybridized carbons (Fsp3) is 0.250. The third kappa shape index (κ3) is 5.38. The van der Waals surface area contributed by atoms with E-state index in [9.17, 15) is 31.6 Å². The van der Waals surface area contributed by atoms with E-state index < -0.39 is 45.5 Å². The standard InChI is InChI=1S/C20H20F2N2O7S/c1-11(24(32(4,28)29)13-6-8-15(21)16(22)10-13)18(25)23-17-9-12(19(26)30-2)5-7-14(17)20(27)31-3/h5-11H,1-4H3,(H,23,25). The largest absolute Gasteiger partial charge is 0.465 e. The van der Waals surface area contributed by atoms with E-state index in [1.807, 2.05) is 0 Å². The number of hydrogen-bond donors (Lipinski definition) is 1. The molecule has 0 bridgehead atoms. The van der Waals surface area contributed by atoms with Gasteiger partial charge in [0.1, 0.15) is 6.04 Å². The molecule has 12 heteroatoms. The lowest BCUT2D eigenvalue weighted by Gasteiger charge is -2.28. The van der Waals surface area contributed by atoms with Gasteiger partial charge in [-0.05, 0) is 37.3 Å². The minimum atomic E-state index is -4.12. The Morgan fingerprint density at radius 2 is 1.59 bits per heavy atom. The van der Waals surface area contributed by atoms with Crippen LogP contribution in [0.15, 0.2) is 36.4 Å². The van der Waals surface area contributed by atoms with Crippen molar-refractivity contribution in [1.82, 2.24) is 0 Å². The van der Waals surface area contributed by atoms with Crippen molar-refractivity contribution in [1.29, 1.82) is 0 Å². The van der Waals surface area contributed by atoms with Gasteiger partial charge in [0, 0.05) is 6.07 Å². The van der Waals surface area contributed by atoms with Gasteiger partial charge in [0.25, 0.3) is 0 Å². The third-order valence-electron chi connectivity index (χ3n) is 4.35. The van der Waals surface area contributed by atoms with Crippen LogP contribution in [0.2, 0.25) is 0 Å². The number of nitrogens with zero attached hydrogens (tertiary/aromatic N) is 1. The van der Waals surface area contributed by atoms with Crippen LogP contribution in [0, 0.1) is 11.6 Å². The highest BCUT2D eigenvalue weighted by Gasteiger charge is 2.31. The van der Waals surface area contributed by atoms with Crippen molar-refractivity contribution in [3.8, 4) is 0 Å². The van der Waals surface area contributed by atoms with Crippen LogP contribution in [0.5, 0.6) is 0 Å². The zero-order valence-corrected chi connectivity index (χ0v) is 18.3. The van der Waals surface area contributed by atoms with Gasteiger partial charge in [-0.1, -0.05) is 0 Å². The van der Waals surface area contributed by atoms with Gasteiger partial charge in [0.15, 0.2) is 11.6 Å². The number of benzene rings is 2. The van der Waals surface area contributed by atoms with E-state index in [4.69, 9.17) is 0 Å². The Balaban J connectivity index is 2.47. The predicted molar refractivity (Wildman–Crippen MR) is 111 cm³/mol. The second-order valence-electron chi connectivity index (χ2n) is 6.57. The van der Waals surface area contributed by atoms with Gasteiger partial charge >= 0.3 is 11.9 Å². The molecule has 0 aliphatic carbocycles. The molecule has 0 saturated carbocycles. The Hall–Kier alpha value is -3.54. The molecule has 0 heterocycles. The van der Waals surface area contributed by atoms with Crippen molar-refractivity contribution in [2.45, 2.75) is 13.0 Å². The average molecular weight is 470 g/mol. The average Bonchev–Trinajstić information content (AvgIpc) is 2.74. The van der Waals surface area contributed by atoms with Gasteiger partial charge in [-0.3, -0.25) is 9.10 Å². The molecular weight excluding hydrogens is 450 g/mol. The van der Waals surface area contributed by atoms with Gasteiger partial charge in [-0.2, -0.15) is 0 Å². The molecule has 9 nitrogen and oxygen atoms in total. The summed E-state index contributed by atoms with van der Waals surface area (Å²) in [6.45, 7) is 1.21. The zero-order chi connectivity index (χ0) is 24.2. The van der Waals surface area contributed by atoms with Gasteiger partial charge in [-0.15, -0.1) is 0 Å². The van der Waals surface area contributed by atoms with E-state index in [1.165, 1.54) is 19.1 Å². The van der Waals surface area contributed by atoms with E-state index in [1.54, 1.807) is 0 Å². The Kier molecular flexibility index (Phi) is 7.52. The van der Waals surface area contributed by atoms with Crippen molar-refractivity contribution in [2.24, 2.45) is 0 Å². The lowest BCUT2D eigenvalue weighted by molar-refractivity contribution is -0.116. The maximum atomic E-state index is 13.7. The summed E-state index contributed by atoms with van der Waals surface area (Å²) in [5.41, 5.74) is -0.538. The molecule has 2 aromatic carbocycles. The van der Waals surface area contributed by atoms with Crippen LogP contribution in [-0.4, -0.2) is 52.8 Å². The number of carbonyl (C=O) groups is 3. The second kappa shape index (κ2) is 9.73. The minimum absolute atomic E-state index is 0.00341. The number of anilines is 2. The summed E-state index contributed by atoms with van der Waals surface area (Å²) < 4.78 is 61.5. The van der Waals surface area contributed by atoms with E-state index in [2.05, 4.69) is 14.8 Å². The third-order valence-corrected chi connectivity index (χ3v) is 5.59. The molecule has 32 heavy (non-hydrogen) atoms. The fourth-order valence-corrected chi connectivity index (χ4v) is 4.02. The molecule has 0 spiro atoms. The topological polar surface area (TPSA) is 119 Å². The molecule has 0 saturated heterocycles. The first-order valence-corrected chi connectivity index (χ1v) is 10.8. The number of amides is 1. The summed E-state index contributed by atoms with van der Waals surface area (Å²) in [4.78, 5) is 36.7. The summed E-state index contributed by atoms with van der Waals surface area (Å²) >= 11 is 0. The normalized spacial score (nSPS) is 11.9. The molecular formula is C20H20F2N2O7S. The highest BCUT2D eigenvalue weighted by molar-refractivity contribution is 7.92. The summed E-state index contributed by atoms with van der Waals surface area (Å²) in [5.74, 6) is -4.99. The molecule has 0 radical (unpaired) electrons. The number of sulfonamides is 1. The number of carbonyl (C=O) groups excluding carboxylic acids is 3. The molecule has 1 N–H and O–H groups in total. The molecule has 0 aliphatic rings. The van der Waals surface area contributed by atoms with Gasteiger partial charge in [-0.25, -0.2) is 26.8 Å². The fourth-order valence-electron chi connectivity index (χ4n) is 2.85. The van der Waals surface area contributed by atoms with E-state index in [-0.39, 0.29) is 22.5 Å². The molecule has 0 aliphatic heterocycles. The quantitative estimate of drug-likeness (QED) is 0.617. The summed E-state index contributed by atoms with van der Waals surface area (Å²) in [5, 5.41) is 2.37. The lowest BCUT2D eigenvalue weighted by atomic mass is 10.1. The van der Waals surface area contributed by atoms with Crippen molar-refractivity contribution in [3.05, 3.63) is 59.2 Å². The molecule has 172 valence electrons. The Morgan fingerprint density at radius 3 is 2.12 bits per heavy atom. The van der Waals surface area contributed by atoms with E-state index in [0.29, 0.717) is 10.4 Å². The monoisotopic (exact) mass is 470 g/mol. The van der Waals surface area contributed by atoms with E-state index in [0.717, 1.165) is 38.7 Å². The van der Waals surface area contributed by atoms with Crippen molar-refractivity contribution in [3.63, 3.8) is 0 Å². The predicted octanol–water partition coefficient (Wildman–Crippen LogP) is 2.33. The van der Waals surface area contributed by atoms with Gasteiger partial charge in [0.2, 0.25) is 15.9 Å². The number of halogens is 2. The van der Waals surface area contributed by atoms with Crippen LogP contribution in [0.4, 0.5) is 20.2 Å². The maximum Gasteiger partial charge on any atom is 0.339 e. The molecule has 1 amide bonds. The second-order valence-corrected chi connectivity index (χ2v) is 8.43. The molecule has 1 atom stereocenters. The first-order valence-electron chi connectivity index (χ1n) is 8.96. The highest BCUT2D eigenvalue weighted by atomic mass is 32.2. The van der Waals surface area contributed by atoms with Crippen molar-refractivity contribution in [2.75, 3.05) is 30.1 Å². The van der Waals surface area contributed by atoms with E-state index >= 15 is 0 Å². The van der Waals surface area contributed by atoms with Gasteiger partial charge < -0.3 is 14.8 Å². The van der Waals surface area contributed by atoms with Crippen molar-refractivity contribution >= 4 is 39.2 Å². The molecule has 0 fully saturated rings. The Bertz CT molecular complexity index is 1170. The summed E-state index contributed by atoms with van der Waals surface area (Å²) in [6.07, 6.45) is 0.787. The van der Waals surface area contributed by atoms with Crippen LogP contribution < -0.4 is 9.62 Å². The minimum Gasteiger partial charge on any atom is -0.465 e. The van der Waals surface area contributed by atoms with Crippen LogP contribution in [0.3, 0.4) is 0 Å². The van der Waals surface area contributed by atoms with Crippen molar-refractivity contribution < 1.29 is 41.1 Å². The first kappa shape index (κ1) is 24.7. The zero-order valence-electron chi connectivity index (χ0n) is 17.5. The molecule has 2 rings (SSSR count). The summed E-state index contributed by atoms with van der Waals surface area (Å²) in [7, 11) is -1.87. The highest BCUT2D eigenvalue weighted by Crippen LogP contribution is 2.25. The summed E-state index contributed by atoms with van der Waals surface area (Å²) in [6, 6.07) is 4.57. The Morgan fingerprint density at radius 1 is 0.969 bits per heavy atom. The lowest BCUT2D eigenvalue weighted by Crippen LogP contribution is -2.45. The Labute approximate surface area is 183 Å². The number of ether oxygens (including phenoxy) is 2. The number of rotatable bonds is 7.